The van der Waals surface area contributed by atoms with Crippen molar-refractivity contribution >= 4 is 36.0 Å². The van der Waals surface area contributed by atoms with E-state index in [0.717, 1.165) is 37.7 Å². The topological polar surface area (TPSA) is 83.8 Å². The normalized spacial score (nSPS) is 17.7. The zero-order valence-corrected chi connectivity index (χ0v) is 18.6. The van der Waals surface area contributed by atoms with Crippen molar-refractivity contribution in [1.29, 1.82) is 0 Å². The van der Waals surface area contributed by atoms with Gasteiger partial charge in [-0.2, -0.15) is 5.10 Å². The van der Waals surface area contributed by atoms with Gasteiger partial charge in [0.2, 0.25) is 0 Å². The van der Waals surface area contributed by atoms with Crippen LogP contribution in [0.15, 0.2) is 17.3 Å². The predicted octanol–water partition coefficient (Wildman–Crippen LogP) is 2.10. The summed E-state index contributed by atoms with van der Waals surface area (Å²) in [5.74, 6) is 0.859. The number of carbonyl (C=O) groups excluding carboxylic acids is 1. The summed E-state index contributed by atoms with van der Waals surface area (Å²) < 4.78 is 7.15. The number of aromatic nitrogens is 2. The second-order valence-corrected chi connectivity index (χ2v) is 7.19. The molecule has 9 heteroatoms. The van der Waals surface area contributed by atoms with E-state index >= 15 is 0 Å². The Morgan fingerprint density at radius 1 is 1.46 bits per heavy atom. The largest absolute Gasteiger partial charge is 0.444 e. The minimum absolute atomic E-state index is 0. The van der Waals surface area contributed by atoms with Gasteiger partial charge in [0.05, 0.1) is 18.3 Å². The van der Waals surface area contributed by atoms with Gasteiger partial charge in [0, 0.05) is 32.9 Å². The van der Waals surface area contributed by atoms with Crippen LogP contribution in [0.1, 0.15) is 39.8 Å². The molecule has 1 aliphatic rings. The van der Waals surface area contributed by atoms with Crippen molar-refractivity contribution in [3.8, 4) is 0 Å². The van der Waals surface area contributed by atoms with Crippen LogP contribution in [0.3, 0.4) is 0 Å². The summed E-state index contributed by atoms with van der Waals surface area (Å²) in [5.41, 5.74) is 0.569. The lowest BCUT2D eigenvalue weighted by Crippen LogP contribution is -2.44. The maximum Gasteiger partial charge on any atom is 0.407 e. The number of amides is 1. The Balaban J connectivity index is 0.00000338. The number of aliphatic imine (C=N–C) groups is 1. The fourth-order valence-corrected chi connectivity index (χ4v) is 2.68. The molecule has 1 aliphatic heterocycles. The number of nitrogens with one attached hydrogen (secondary N) is 2. The molecule has 1 aromatic rings. The van der Waals surface area contributed by atoms with Gasteiger partial charge in [-0.15, -0.1) is 24.0 Å². The summed E-state index contributed by atoms with van der Waals surface area (Å²) in [6.07, 6.45) is 2.28. The van der Waals surface area contributed by atoms with E-state index in [1.807, 2.05) is 45.5 Å². The summed E-state index contributed by atoms with van der Waals surface area (Å²) in [4.78, 5) is 18.8. The lowest BCUT2D eigenvalue weighted by molar-refractivity contribution is 0.0507. The number of guanidine groups is 1. The first kappa shape index (κ1) is 22.5. The fourth-order valence-electron chi connectivity index (χ4n) is 2.68. The van der Waals surface area contributed by atoms with Crippen LogP contribution in [0.2, 0.25) is 0 Å². The van der Waals surface area contributed by atoms with E-state index in [1.165, 1.54) is 0 Å². The van der Waals surface area contributed by atoms with Gasteiger partial charge in [-0.3, -0.25) is 4.68 Å². The van der Waals surface area contributed by atoms with Crippen LogP contribution >= 0.6 is 24.0 Å². The molecule has 0 bridgehead atoms. The van der Waals surface area contributed by atoms with Gasteiger partial charge in [0.1, 0.15) is 5.60 Å². The van der Waals surface area contributed by atoms with E-state index in [-0.39, 0.29) is 36.1 Å². The van der Waals surface area contributed by atoms with Gasteiger partial charge in [0.15, 0.2) is 5.96 Å². The molecule has 1 unspecified atom stereocenters. The van der Waals surface area contributed by atoms with Crippen LogP contribution in [0.25, 0.3) is 0 Å². The monoisotopic (exact) mass is 478 g/mol. The van der Waals surface area contributed by atoms with E-state index in [2.05, 4.69) is 20.6 Å². The maximum atomic E-state index is 11.9. The predicted molar refractivity (Wildman–Crippen MR) is 113 cm³/mol. The van der Waals surface area contributed by atoms with Crippen molar-refractivity contribution in [2.45, 2.75) is 52.3 Å². The van der Waals surface area contributed by atoms with Crippen molar-refractivity contribution in [3.05, 3.63) is 18.0 Å². The number of rotatable bonds is 4. The smallest absolute Gasteiger partial charge is 0.407 e. The maximum absolute atomic E-state index is 11.9. The van der Waals surface area contributed by atoms with Crippen molar-refractivity contribution in [2.75, 3.05) is 19.6 Å². The quantitative estimate of drug-likeness (QED) is 0.394. The molecular weight excluding hydrogens is 447 g/mol. The summed E-state index contributed by atoms with van der Waals surface area (Å²) >= 11 is 0. The third-order valence-electron chi connectivity index (χ3n) is 3.86. The molecule has 1 aromatic heterocycles. The summed E-state index contributed by atoms with van der Waals surface area (Å²) in [7, 11) is 1.91. The van der Waals surface area contributed by atoms with E-state index in [1.54, 1.807) is 6.20 Å². The molecule has 0 aromatic carbocycles. The van der Waals surface area contributed by atoms with Crippen molar-refractivity contribution in [2.24, 2.45) is 12.0 Å². The van der Waals surface area contributed by atoms with Crippen LogP contribution < -0.4 is 10.6 Å². The number of nitrogens with zero attached hydrogens (tertiary/aromatic N) is 4. The molecular formula is C17H31IN6O2. The molecule has 0 saturated carbocycles. The van der Waals surface area contributed by atoms with Gasteiger partial charge < -0.3 is 20.3 Å². The van der Waals surface area contributed by atoms with Crippen molar-refractivity contribution < 1.29 is 9.53 Å². The highest BCUT2D eigenvalue weighted by atomic mass is 127. The highest BCUT2D eigenvalue weighted by Crippen LogP contribution is 2.12. The standard InChI is InChI=1S/C17H30N6O2.HI/c1-6-18-15(19-11-14-7-9-20-22(14)5)23-10-8-13(12-23)21-16(24)25-17(2,3)4;/h7,9,13H,6,8,10-12H2,1-5H3,(H,18,19)(H,21,24);1H. The number of hydrogen-bond donors (Lipinski definition) is 2. The van der Waals surface area contributed by atoms with Crippen LogP contribution in [-0.4, -0.2) is 58.0 Å². The number of ether oxygens (including phenoxy) is 1. The van der Waals surface area contributed by atoms with E-state index in [9.17, 15) is 4.79 Å². The average molecular weight is 478 g/mol. The average Bonchev–Trinajstić information content (AvgIpc) is 3.11. The van der Waals surface area contributed by atoms with Crippen LogP contribution in [0.5, 0.6) is 0 Å². The van der Waals surface area contributed by atoms with E-state index in [0.29, 0.717) is 6.54 Å². The van der Waals surface area contributed by atoms with Gasteiger partial charge in [0.25, 0.3) is 0 Å². The first-order valence-electron chi connectivity index (χ1n) is 8.78. The molecule has 148 valence electrons. The third kappa shape index (κ3) is 7.00. The molecule has 8 nitrogen and oxygen atoms in total. The Labute approximate surface area is 172 Å². The molecule has 2 N–H and O–H groups in total. The Morgan fingerprint density at radius 2 is 2.19 bits per heavy atom. The van der Waals surface area contributed by atoms with Gasteiger partial charge in [-0.25, -0.2) is 9.79 Å². The third-order valence-corrected chi connectivity index (χ3v) is 3.86. The fraction of sp³-hybridized carbons (Fsp3) is 0.706. The Kier molecular flexibility index (Phi) is 8.65. The van der Waals surface area contributed by atoms with E-state index < -0.39 is 5.60 Å². The summed E-state index contributed by atoms with van der Waals surface area (Å²) in [6, 6.07) is 2.03. The van der Waals surface area contributed by atoms with Crippen molar-refractivity contribution in [1.82, 2.24) is 25.3 Å². The molecule has 0 spiro atoms. The first-order valence-corrected chi connectivity index (χ1v) is 8.78. The molecule has 1 amide bonds. The number of hydrogen-bond acceptors (Lipinski definition) is 4. The molecule has 26 heavy (non-hydrogen) atoms. The Bertz CT molecular complexity index is 611. The van der Waals surface area contributed by atoms with Crippen molar-refractivity contribution in [3.63, 3.8) is 0 Å². The van der Waals surface area contributed by atoms with Crippen LogP contribution in [0, 0.1) is 0 Å². The zero-order valence-electron chi connectivity index (χ0n) is 16.3. The molecule has 1 saturated heterocycles. The lowest BCUT2D eigenvalue weighted by atomic mass is 10.2. The molecule has 2 heterocycles. The van der Waals surface area contributed by atoms with Gasteiger partial charge in [-0.05, 0) is 40.2 Å². The number of halogens is 1. The second-order valence-electron chi connectivity index (χ2n) is 7.19. The highest BCUT2D eigenvalue weighted by Gasteiger charge is 2.27. The number of aryl methyl sites for hydroxylation is 1. The Hall–Kier alpha value is -1.52. The minimum Gasteiger partial charge on any atom is -0.444 e. The van der Waals surface area contributed by atoms with Crippen LogP contribution in [0.4, 0.5) is 4.79 Å². The molecule has 0 radical (unpaired) electrons. The first-order chi connectivity index (χ1) is 11.8. The highest BCUT2D eigenvalue weighted by molar-refractivity contribution is 14.0. The number of carbonyl (C=O) groups is 1. The molecule has 1 atom stereocenters. The lowest BCUT2D eigenvalue weighted by Gasteiger charge is -2.23. The van der Waals surface area contributed by atoms with Gasteiger partial charge >= 0.3 is 6.09 Å². The molecule has 0 aliphatic carbocycles. The minimum atomic E-state index is -0.484. The second kappa shape index (κ2) is 9.98. The number of likely N-dealkylation sites (tertiary alicyclic amines) is 1. The molecule has 1 fully saturated rings. The SMILES string of the molecule is CCNC(=NCc1ccnn1C)N1CCC(NC(=O)OC(C)(C)C)C1.I. The van der Waals surface area contributed by atoms with Gasteiger partial charge in [-0.1, -0.05) is 0 Å². The number of alkyl carbamates (subject to hydrolysis) is 1. The Morgan fingerprint density at radius 3 is 2.77 bits per heavy atom. The summed E-state index contributed by atoms with van der Waals surface area (Å²) in [5, 5.41) is 10.4. The van der Waals surface area contributed by atoms with E-state index in [4.69, 9.17) is 9.73 Å². The summed E-state index contributed by atoms with van der Waals surface area (Å²) in [6.45, 7) is 10.6. The zero-order chi connectivity index (χ0) is 18.4. The molecule has 2 rings (SSSR count). The van der Waals surface area contributed by atoms with Crippen LogP contribution in [-0.2, 0) is 18.3 Å².